The lowest BCUT2D eigenvalue weighted by atomic mass is 10.0. The van der Waals surface area contributed by atoms with Crippen LogP contribution in [-0.4, -0.2) is 16.3 Å². The molecule has 1 N–H and O–H groups in total. The molecule has 0 aliphatic heterocycles. The third-order valence-electron chi connectivity index (χ3n) is 4.33. The van der Waals surface area contributed by atoms with Crippen LogP contribution in [0.25, 0.3) is 0 Å². The molecule has 0 radical (unpaired) electrons. The SMILES string of the molecule is Cc1c(Cl)cccc1C(C)N=c1scc(C2(Cl)CC2)n1CCO. The Morgan fingerprint density at radius 2 is 2.17 bits per heavy atom. The van der Waals surface area contributed by atoms with Crippen molar-refractivity contribution < 1.29 is 5.11 Å². The van der Waals surface area contributed by atoms with Crippen LogP contribution < -0.4 is 4.80 Å². The quantitative estimate of drug-likeness (QED) is 0.778. The van der Waals surface area contributed by atoms with E-state index in [0.29, 0.717) is 6.54 Å². The minimum atomic E-state index is -0.255. The highest BCUT2D eigenvalue weighted by Gasteiger charge is 2.45. The number of thiazole rings is 1. The second-order valence-electron chi connectivity index (χ2n) is 6.00. The van der Waals surface area contributed by atoms with Crippen molar-refractivity contribution in [2.24, 2.45) is 4.99 Å². The summed E-state index contributed by atoms with van der Waals surface area (Å²) in [4.78, 5) is 5.51. The molecular formula is C17H20Cl2N2OS. The molecule has 1 aliphatic rings. The monoisotopic (exact) mass is 370 g/mol. The maximum atomic E-state index is 9.39. The topological polar surface area (TPSA) is 37.5 Å². The van der Waals surface area contributed by atoms with Gasteiger partial charge >= 0.3 is 0 Å². The minimum Gasteiger partial charge on any atom is -0.395 e. The van der Waals surface area contributed by atoms with Crippen molar-refractivity contribution >= 4 is 34.5 Å². The van der Waals surface area contributed by atoms with Gasteiger partial charge in [0, 0.05) is 16.9 Å². The average Bonchev–Trinajstić information content (AvgIpc) is 3.14. The average molecular weight is 371 g/mol. The second-order valence-corrected chi connectivity index (χ2v) is 7.97. The summed E-state index contributed by atoms with van der Waals surface area (Å²) >= 11 is 14.4. The Labute approximate surface area is 150 Å². The van der Waals surface area contributed by atoms with Gasteiger partial charge in [-0.3, -0.25) is 4.99 Å². The van der Waals surface area contributed by atoms with E-state index >= 15 is 0 Å². The molecule has 6 heteroatoms. The number of hydrogen-bond donors (Lipinski definition) is 1. The van der Waals surface area contributed by atoms with E-state index in [2.05, 4.69) is 22.9 Å². The largest absolute Gasteiger partial charge is 0.395 e. The molecule has 0 spiro atoms. The van der Waals surface area contributed by atoms with Crippen LogP contribution in [0.3, 0.4) is 0 Å². The van der Waals surface area contributed by atoms with E-state index in [1.807, 2.05) is 19.1 Å². The fraction of sp³-hybridized carbons (Fsp3) is 0.471. The molecule has 3 rings (SSSR count). The van der Waals surface area contributed by atoms with Crippen LogP contribution in [-0.2, 0) is 11.4 Å². The number of alkyl halides is 1. The maximum Gasteiger partial charge on any atom is 0.185 e. The van der Waals surface area contributed by atoms with E-state index in [1.54, 1.807) is 11.3 Å². The number of rotatable bonds is 5. The maximum absolute atomic E-state index is 9.39. The van der Waals surface area contributed by atoms with Gasteiger partial charge in [-0.2, -0.15) is 0 Å². The summed E-state index contributed by atoms with van der Waals surface area (Å²) in [5.74, 6) is 0. The first-order valence-corrected chi connectivity index (χ1v) is 9.37. The van der Waals surface area contributed by atoms with Crippen LogP contribution in [0.1, 0.15) is 42.6 Å². The summed E-state index contributed by atoms with van der Waals surface area (Å²) in [5, 5.41) is 12.2. The predicted molar refractivity (Wildman–Crippen MR) is 96.3 cm³/mol. The highest BCUT2D eigenvalue weighted by atomic mass is 35.5. The van der Waals surface area contributed by atoms with Gasteiger partial charge in [0.2, 0.25) is 0 Å². The lowest BCUT2D eigenvalue weighted by molar-refractivity contribution is 0.272. The zero-order valence-corrected chi connectivity index (χ0v) is 15.5. The Morgan fingerprint density at radius 1 is 1.43 bits per heavy atom. The minimum absolute atomic E-state index is 0.00405. The van der Waals surface area contributed by atoms with E-state index in [4.69, 9.17) is 28.2 Å². The van der Waals surface area contributed by atoms with Crippen LogP contribution in [0, 0.1) is 6.92 Å². The predicted octanol–water partition coefficient (Wildman–Crippen LogP) is 4.39. The zero-order chi connectivity index (χ0) is 16.6. The van der Waals surface area contributed by atoms with Crippen molar-refractivity contribution in [3.05, 3.63) is 50.2 Å². The van der Waals surface area contributed by atoms with Gasteiger partial charge in [-0.05, 0) is 43.9 Å². The van der Waals surface area contributed by atoms with Gasteiger partial charge in [0.15, 0.2) is 4.80 Å². The molecule has 2 aromatic rings. The molecule has 0 amide bonds. The smallest absolute Gasteiger partial charge is 0.185 e. The van der Waals surface area contributed by atoms with E-state index in [1.165, 1.54) is 0 Å². The van der Waals surface area contributed by atoms with E-state index in [-0.39, 0.29) is 17.5 Å². The Bertz CT molecular complexity index is 777. The van der Waals surface area contributed by atoms with Crippen molar-refractivity contribution in [3.8, 4) is 0 Å². The Hall–Kier alpha value is -0.810. The number of hydrogen-bond acceptors (Lipinski definition) is 3. The van der Waals surface area contributed by atoms with Crippen LogP contribution in [0.5, 0.6) is 0 Å². The van der Waals surface area contributed by atoms with Gasteiger partial charge in [-0.15, -0.1) is 22.9 Å². The highest BCUT2D eigenvalue weighted by Crippen LogP contribution is 2.52. The van der Waals surface area contributed by atoms with Gasteiger partial charge in [-0.25, -0.2) is 0 Å². The number of halogens is 2. The summed E-state index contributed by atoms with van der Waals surface area (Å²) in [6, 6.07) is 5.91. The molecule has 3 nitrogen and oxygen atoms in total. The second kappa shape index (κ2) is 6.60. The molecule has 1 aromatic carbocycles. The Balaban J connectivity index is 2.02. The third kappa shape index (κ3) is 3.36. The van der Waals surface area contributed by atoms with Gasteiger partial charge in [0.1, 0.15) is 0 Å². The van der Waals surface area contributed by atoms with Gasteiger partial charge < -0.3 is 9.67 Å². The van der Waals surface area contributed by atoms with Crippen LogP contribution in [0.15, 0.2) is 28.6 Å². The molecule has 0 saturated heterocycles. The van der Waals surface area contributed by atoms with Gasteiger partial charge in [0.05, 0.1) is 23.2 Å². The highest BCUT2D eigenvalue weighted by molar-refractivity contribution is 7.07. The zero-order valence-electron chi connectivity index (χ0n) is 13.2. The summed E-state index contributed by atoms with van der Waals surface area (Å²) < 4.78 is 2.06. The molecule has 1 aromatic heterocycles. The van der Waals surface area contributed by atoms with E-state index in [0.717, 1.165) is 39.5 Å². The molecule has 0 bridgehead atoms. The molecule has 1 atom stereocenters. The number of aromatic nitrogens is 1. The third-order valence-corrected chi connectivity index (χ3v) is 6.19. The number of nitrogens with zero attached hydrogens (tertiary/aromatic N) is 2. The van der Waals surface area contributed by atoms with Crippen molar-refractivity contribution in [2.45, 2.75) is 44.1 Å². The summed E-state index contributed by atoms with van der Waals surface area (Å²) in [6.07, 6.45) is 1.97. The van der Waals surface area contributed by atoms with Crippen LogP contribution >= 0.6 is 34.5 Å². The van der Waals surface area contributed by atoms with Crippen molar-refractivity contribution in [1.82, 2.24) is 4.57 Å². The first-order chi connectivity index (χ1) is 11.0. The molecule has 1 fully saturated rings. The number of aliphatic hydroxyl groups is 1. The molecule has 23 heavy (non-hydrogen) atoms. The summed E-state index contributed by atoms with van der Waals surface area (Å²) in [5.41, 5.74) is 3.26. The van der Waals surface area contributed by atoms with Crippen LogP contribution in [0.2, 0.25) is 5.02 Å². The van der Waals surface area contributed by atoms with Crippen molar-refractivity contribution in [2.75, 3.05) is 6.61 Å². The lowest BCUT2D eigenvalue weighted by Crippen LogP contribution is -2.22. The lowest BCUT2D eigenvalue weighted by Gasteiger charge is -2.13. The molecule has 124 valence electrons. The summed E-state index contributed by atoms with van der Waals surface area (Å²) in [6.45, 7) is 4.68. The van der Waals surface area contributed by atoms with E-state index in [9.17, 15) is 5.11 Å². The molecule has 1 aliphatic carbocycles. The Morgan fingerprint density at radius 3 is 2.83 bits per heavy atom. The fourth-order valence-electron chi connectivity index (χ4n) is 2.78. The summed E-state index contributed by atoms with van der Waals surface area (Å²) in [7, 11) is 0. The number of benzene rings is 1. The van der Waals surface area contributed by atoms with Crippen LogP contribution in [0.4, 0.5) is 0 Å². The fourth-order valence-corrected chi connectivity index (χ4v) is 4.38. The molecular weight excluding hydrogens is 351 g/mol. The first-order valence-electron chi connectivity index (χ1n) is 7.74. The normalized spacial score (nSPS) is 18.2. The molecule has 1 unspecified atom stereocenters. The van der Waals surface area contributed by atoms with Crippen molar-refractivity contribution in [3.63, 3.8) is 0 Å². The first kappa shape index (κ1) is 17.0. The van der Waals surface area contributed by atoms with Gasteiger partial charge in [-0.1, -0.05) is 23.7 Å². The number of aliphatic hydroxyl groups excluding tert-OH is 1. The van der Waals surface area contributed by atoms with E-state index < -0.39 is 0 Å². The molecule has 1 heterocycles. The van der Waals surface area contributed by atoms with Crippen molar-refractivity contribution in [1.29, 1.82) is 0 Å². The standard InChI is InChI=1S/C17H20Cl2N2OS/c1-11-13(4-3-5-14(11)18)12(2)20-16-21(8-9-22)15(10-23-16)17(19)6-7-17/h3-5,10,12,22H,6-9H2,1-2H3. The van der Waals surface area contributed by atoms with Gasteiger partial charge in [0.25, 0.3) is 0 Å². The molecule has 1 saturated carbocycles. The Kier molecular flexibility index (Phi) is 4.88.